The highest BCUT2D eigenvalue weighted by Crippen LogP contribution is 2.30. The van der Waals surface area contributed by atoms with Crippen LogP contribution in [0.15, 0.2) is 101 Å². The van der Waals surface area contributed by atoms with Crippen molar-refractivity contribution in [3.8, 4) is 0 Å². The Labute approximate surface area is 203 Å². The van der Waals surface area contributed by atoms with Crippen LogP contribution in [0.25, 0.3) is 6.08 Å². The van der Waals surface area contributed by atoms with Crippen molar-refractivity contribution < 1.29 is 17.9 Å². The molecule has 3 aromatic rings. The number of aryl methyl sites for hydroxylation is 1. The molecule has 0 amide bonds. The Balaban J connectivity index is 1.78. The summed E-state index contributed by atoms with van der Waals surface area (Å²) in [7, 11) is -3.93. The Kier molecular flexibility index (Phi) is 6.68. The van der Waals surface area contributed by atoms with Crippen molar-refractivity contribution in [3.63, 3.8) is 0 Å². The van der Waals surface area contributed by atoms with Crippen LogP contribution >= 0.6 is 11.6 Å². The number of para-hydroxylation sites is 1. The summed E-state index contributed by atoms with van der Waals surface area (Å²) < 4.78 is 33.7. The van der Waals surface area contributed by atoms with Crippen molar-refractivity contribution in [1.29, 1.82) is 0 Å². The molecule has 0 bridgehead atoms. The standard InChI is InChI=1S/C26H21ClN2O4S/c1-3-15-29(34(31,32)21-13-11-18(2)12-14-21)24-10-5-4-9-22(24)25-28-23(26(30)33-25)17-19-7-6-8-20(27)16-19/h3-14,16-17H,1,15H2,2H3. The van der Waals surface area contributed by atoms with Crippen LogP contribution in [0.3, 0.4) is 0 Å². The number of rotatable bonds is 7. The molecule has 0 atom stereocenters. The number of aliphatic imine (C=N–C) groups is 1. The first-order valence-electron chi connectivity index (χ1n) is 10.4. The van der Waals surface area contributed by atoms with Crippen molar-refractivity contribution in [3.05, 3.63) is 113 Å². The van der Waals surface area contributed by atoms with E-state index in [1.54, 1.807) is 78.9 Å². The number of halogens is 1. The van der Waals surface area contributed by atoms with Crippen LogP contribution in [-0.4, -0.2) is 26.8 Å². The van der Waals surface area contributed by atoms with Crippen molar-refractivity contribution in [2.45, 2.75) is 11.8 Å². The molecule has 8 heteroatoms. The van der Waals surface area contributed by atoms with Gasteiger partial charge >= 0.3 is 5.97 Å². The third-order valence-electron chi connectivity index (χ3n) is 5.08. The van der Waals surface area contributed by atoms with E-state index in [1.165, 1.54) is 10.4 Å². The van der Waals surface area contributed by atoms with E-state index in [0.717, 1.165) is 5.56 Å². The lowest BCUT2D eigenvalue weighted by Gasteiger charge is -2.25. The number of carbonyl (C=O) groups excluding carboxylic acids is 1. The minimum absolute atomic E-state index is 0.0136. The smallest absolute Gasteiger partial charge is 0.363 e. The van der Waals surface area contributed by atoms with Gasteiger partial charge in [-0.25, -0.2) is 18.2 Å². The maximum absolute atomic E-state index is 13.5. The molecule has 0 saturated heterocycles. The number of benzene rings is 3. The summed E-state index contributed by atoms with van der Waals surface area (Å²) in [6.07, 6.45) is 3.06. The maximum atomic E-state index is 13.5. The fraction of sp³-hybridized carbons (Fsp3) is 0.0769. The van der Waals surface area contributed by atoms with Gasteiger partial charge in [-0.3, -0.25) is 4.31 Å². The molecule has 0 saturated carbocycles. The van der Waals surface area contributed by atoms with Gasteiger partial charge in [0.05, 0.1) is 22.7 Å². The van der Waals surface area contributed by atoms with Crippen LogP contribution in [0.4, 0.5) is 5.69 Å². The molecule has 4 rings (SSSR count). The first kappa shape index (κ1) is 23.5. The number of hydrogen-bond acceptors (Lipinski definition) is 5. The van der Waals surface area contributed by atoms with E-state index in [4.69, 9.17) is 16.3 Å². The highest BCUT2D eigenvalue weighted by atomic mass is 35.5. The third-order valence-corrected chi connectivity index (χ3v) is 7.11. The molecule has 1 aliphatic heterocycles. The van der Waals surface area contributed by atoms with Gasteiger partial charge in [-0.2, -0.15) is 0 Å². The topological polar surface area (TPSA) is 76.0 Å². The molecule has 1 aliphatic rings. The minimum atomic E-state index is -3.93. The Morgan fingerprint density at radius 1 is 1.06 bits per heavy atom. The molecule has 0 spiro atoms. The summed E-state index contributed by atoms with van der Waals surface area (Å²) >= 11 is 6.03. The zero-order chi connectivity index (χ0) is 24.3. The lowest BCUT2D eigenvalue weighted by atomic mass is 10.1. The van der Waals surface area contributed by atoms with E-state index in [1.807, 2.05) is 6.92 Å². The summed E-state index contributed by atoms with van der Waals surface area (Å²) in [5.41, 5.74) is 2.40. The van der Waals surface area contributed by atoms with Crippen LogP contribution in [0.1, 0.15) is 16.7 Å². The van der Waals surface area contributed by atoms with Gasteiger partial charge in [0.25, 0.3) is 10.0 Å². The molecule has 3 aromatic carbocycles. The Morgan fingerprint density at radius 3 is 2.50 bits per heavy atom. The highest BCUT2D eigenvalue weighted by molar-refractivity contribution is 7.92. The van der Waals surface area contributed by atoms with E-state index in [2.05, 4.69) is 11.6 Å². The molecule has 0 N–H and O–H groups in total. The molecule has 172 valence electrons. The minimum Gasteiger partial charge on any atom is -0.402 e. The zero-order valence-corrected chi connectivity index (χ0v) is 19.9. The van der Waals surface area contributed by atoms with E-state index in [9.17, 15) is 13.2 Å². The van der Waals surface area contributed by atoms with Crippen molar-refractivity contribution in [2.75, 3.05) is 10.8 Å². The van der Waals surface area contributed by atoms with Crippen LogP contribution in [-0.2, 0) is 19.6 Å². The summed E-state index contributed by atoms with van der Waals surface area (Å²) in [5, 5.41) is 0.525. The number of anilines is 1. The van der Waals surface area contributed by atoms with E-state index >= 15 is 0 Å². The molecule has 0 radical (unpaired) electrons. The monoisotopic (exact) mass is 492 g/mol. The predicted molar refractivity (Wildman–Crippen MR) is 134 cm³/mol. The molecule has 6 nitrogen and oxygen atoms in total. The number of esters is 1. The van der Waals surface area contributed by atoms with Gasteiger partial charge in [0, 0.05) is 5.02 Å². The van der Waals surface area contributed by atoms with Crippen LogP contribution in [0.2, 0.25) is 5.02 Å². The SMILES string of the molecule is C=CCN(c1ccccc1C1=NC(=Cc2cccc(Cl)c2)C(=O)O1)S(=O)(=O)c1ccc(C)cc1. The van der Waals surface area contributed by atoms with Crippen LogP contribution in [0.5, 0.6) is 0 Å². The molecule has 34 heavy (non-hydrogen) atoms. The first-order chi connectivity index (χ1) is 16.3. The lowest BCUT2D eigenvalue weighted by molar-refractivity contribution is -0.129. The summed E-state index contributed by atoms with van der Waals surface area (Å²) in [5.74, 6) is -0.622. The fourth-order valence-electron chi connectivity index (χ4n) is 3.43. The van der Waals surface area contributed by atoms with Gasteiger partial charge in [-0.15, -0.1) is 6.58 Å². The average molecular weight is 493 g/mol. The maximum Gasteiger partial charge on any atom is 0.363 e. The Morgan fingerprint density at radius 2 is 1.79 bits per heavy atom. The van der Waals surface area contributed by atoms with Crippen molar-refractivity contribution in [2.24, 2.45) is 4.99 Å². The molecular weight excluding hydrogens is 472 g/mol. The number of sulfonamides is 1. The second-order valence-corrected chi connectivity index (χ2v) is 9.84. The summed E-state index contributed by atoms with van der Waals surface area (Å²) in [6.45, 7) is 5.61. The fourth-order valence-corrected chi connectivity index (χ4v) is 5.08. The van der Waals surface area contributed by atoms with Crippen LogP contribution < -0.4 is 4.31 Å². The van der Waals surface area contributed by atoms with E-state index < -0.39 is 16.0 Å². The van der Waals surface area contributed by atoms with Gasteiger partial charge < -0.3 is 4.74 Å². The number of ether oxygens (including phenoxy) is 1. The molecule has 0 aliphatic carbocycles. The number of cyclic esters (lactones) is 1. The van der Waals surface area contributed by atoms with Gasteiger partial charge in [0.15, 0.2) is 5.70 Å². The Bertz CT molecular complexity index is 1430. The summed E-state index contributed by atoms with van der Waals surface area (Å²) in [4.78, 5) is 17.0. The second kappa shape index (κ2) is 9.67. The number of carbonyl (C=O) groups is 1. The number of hydrogen-bond donors (Lipinski definition) is 0. The van der Waals surface area contributed by atoms with Gasteiger partial charge in [0.1, 0.15) is 0 Å². The Hall–Kier alpha value is -3.68. The number of nitrogens with zero attached hydrogens (tertiary/aromatic N) is 2. The third kappa shape index (κ3) is 4.81. The van der Waals surface area contributed by atoms with E-state index in [0.29, 0.717) is 21.8 Å². The van der Waals surface area contributed by atoms with Crippen molar-refractivity contribution in [1.82, 2.24) is 0 Å². The second-order valence-electron chi connectivity index (χ2n) is 7.55. The average Bonchev–Trinajstić information content (AvgIpc) is 3.17. The molecule has 1 heterocycles. The largest absolute Gasteiger partial charge is 0.402 e. The molecule has 0 aromatic heterocycles. The quantitative estimate of drug-likeness (QED) is 0.252. The normalized spacial score (nSPS) is 14.6. The molecule has 0 fully saturated rings. The van der Waals surface area contributed by atoms with Gasteiger partial charge in [-0.05, 0) is 55.0 Å². The molecular formula is C26H21ClN2O4S. The lowest BCUT2D eigenvalue weighted by Crippen LogP contribution is -2.32. The van der Waals surface area contributed by atoms with Gasteiger partial charge in [-0.1, -0.05) is 59.6 Å². The predicted octanol–water partition coefficient (Wildman–Crippen LogP) is 5.37. The summed E-state index contributed by atoms with van der Waals surface area (Å²) in [6, 6.07) is 20.3. The van der Waals surface area contributed by atoms with Crippen LogP contribution in [0, 0.1) is 6.92 Å². The molecule has 0 unspecified atom stereocenters. The van der Waals surface area contributed by atoms with Gasteiger partial charge in [0.2, 0.25) is 5.90 Å². The van der Waals surface area contributed by atoms with E-state index in [-0.39, 0.29) is 23.0 Å². The highest BCUT2D eigenvalue weighted by Gasteiger charge is 2.31. The zero-order valence-electron chi connectivity index (χ0n) is 18.3. The first-order valence-corrected chi connectivity index (χ1v) is 12.2. The van der Waals surface area contributed by atoms with Crippen molar-refractivity contribution >= 4 is 45.3 Å².